The van der Waals surface area contributed by atoms with Crippen molar-refractivity contribution in [1.82, 2.24) is 25.0 Å². The zero-order valence-corrected chi connectivity index (χ0v) is 19.1. The zero-order valence-electron chi connectivity index (χ0n) is 17.6. The minimum absolute atomic E-state index is 0.481. The number of thioether (sulfide) groups is 1. The van der Waals surface area contributed by atoms with E-state index in [2.05, 4.69) is 20.4 Å². The van der Waals surface area contributed by atoms with Crippen LogP contribution in [-0.2, 0) is 5.75 Å². The van der Waals surface area contributed by atoms with Crippen LogP contribution in [0.15, 0.2) is 88.4 Å². The highest BCUT2D eigenvalue weighted by Gasteiger charge is 2.17. The third-order valence-corrected chi connectivity index (χ3v) is 5.87. The Morgan fingerprint density at radius 2 is 1.58 bits per heavy atom. The van der Waals surface area contributed by atoms with Crippen molar-refractivity contribution in [2.45, 2.75) is 17.8 Å². The van der Waals surface area contributed by atoms with Gasteiger partial charge in [0, 0.05) is 23.2 Å². The predicted octanol–water partition coefficient (Wildman–Crippen LogP) is 6.36. The van der Waals surface area contributed by atoms with Gasteiger partial charge in [0.05, 0.1) is 5.75 Å². The lowest BCUT2D eigenvalue weighted by molar-refractivity contribution is 0.482. The average Bonchev–Trinajstić information content (AvgIpc) is 3.45. The highest BCUT2D eigenvalue weighted by Crippen LogP contribution is 2.31. The SMILES string of the molecule is Cc1nnc(CSc2nnc(-c3ccc(Cl)cc3)n2-c2ccc(Oc3ccccc3)cc2)o1. The van der Waals surface area contributed by atoms with E-state index in [4.69, 9.17) is 20.8 Å². The molecule has 0 spiro atoms. The Morgan fingerprint density at radius 1 is 0.848 bits per heavy atom. The number of halogens is 1. The number of hydrogen-bond acceptors (Lipinski definition) is 7. The molecule has 3 aromatic carbocycles. The van der Waals surface area contributed by atoms with Gasteiger partial charge in [0.1, 0.15) is 11.5 Å². The largest absolute Gasteiger partial charge is 0.457 e. The first-order chi connectivity index (χ1) is 16.2. The topological polar surface area (TPSA) is 78.9 Å². The number of nitrogens with zero attached hydrogens (tertiary/aromatic N) is 5. The van der Waals surface area contributed by atoms with Crippen LogP contribution < -0.4 is 4.74 Å². The van der Waals surface area contributed by atoms with Gasteiger partial charge in [0.25, 0.3) is 0 Å². The van der Waals surface area contributed by atoms with Gasteiger partial charge in [-0.05, 0) is 60.7 Å². The van der Waals surface area contributed by atoms with Gasteiger partial charge in [0.2, 0.25) is 11.8 Å². The first-order valence-electron chi connectivity index (χ1n) is 10.1. The van der Waals surface area contributed by atoms with E-state index in [0.29, 0.717) is 33.5 Å². The summed E-state index contributed by atoms with van der Waals surface area (Å²) in [6.45, 7) is 1.77. The van der Waals surface area contributed by atoms with Crippen LogP contribution in [0, 0.1) is 6.92 Å². The van der Waals surface area contributed by atoms with Crippen LogP contribution in [0.4, 0.5) is 0 Å². The molecule has 2 aromatic heterocycles. The molecule has 0 aliphatic carbocycles. The van der Waals surface area contributed by atoms with Crippen LogP contribution in [0.1, 0.15) is 11.8 Å². The smallest absolute Gasteiger partial charge is 0.226 e. The van der Waals surface area contributed by atoms with Crippen LogP contribution in [0.25, 0.3) is 17.1 Å². The lowest BCUT2D eigenvalue weighted by Crippen LogP contribution is -2.00. The summed E-state index contributed by atoms with van der Waals surface area (Å²) in [6, 6.07) is 25.0. The number of rotatable bonds is 7. The number of benzene rings is 3. The lowest BCUT2D eigenvalue weighted by Gasteiger charge is -2.11. The molecule has 9 heteroatoms. The normalized spacial score (nSPS) is 11.0. The fourth-order valence-electron chi connectivity index (χ4n) is 3.19. The van der Waals surface area contributed by atoms with E-state index in [1.54, 1.807) is 6.92 Å². The van der Waals surface area contributed by atoms with Gasteiger partial charge in [0.15, 0.2) is 11.0 Å². The highest BCUT2D eigenvalue weighted by atomic mass is 35.5. The summed E-state index contributed by atoms with van der Waals surface area (Å²) in [5.41, 5.74) is 1.80. The van der Waals surface area contributed by atoms with Gasteiger partial charge in [-0.1, -0.05) is 41.6 Å². The molecule has 33 heavy (non-hydrogen) atoms. The van der Waals surface area contributed by atoms with E-state index in [-0.39, 0.29) is 0 Å². The summed E-state index contributed by atoms with van der Waals surface area (Å²) >= 11 is 7.55. The summed E-state index contributed by atoms with van der Waals surface area (Å²) in [6.07, 6.45) is 0. The fourth-order valence-corrected chi connectivity index (χ4v) is 4.11. The summed E-state index contributed by atoms with van der Waals surface area (Å²) in [5, 5.41) is 18.2. The van der Waals surface area contributed by atoms with Crippen LogP contribution in [0.3, 0.4) is 0 Å². The van der Waals surface area contributed by atoms with Gasteiger partial charge >= 0.3 is 0 Å². The standard InChI is InChI=1S/C24H18ClN5O2S/c1-16-26-27-22(31-16)15-33-24-29-28-23(17-7-9-18(25)10-8-17)30(24)19-11-13-21(14-12-19)32-20-5-3-2-4-6-20/h2-14H,15H2,1H3. The third-order valence-electron chi connectivity index (χ3n) is 4.70. The average molecular weight is 476 g/mol. The Kier molecular flexibility index (Phi) is 6.10. The molecule has 2 heterocycles. The Bertz CT molecular complexity index is 1350. The number of hydrogen-bond donors (Lipinski definition) is 0. The highest BCUT2D eigenvalue weighted by molar-refractivity contribution is 7.98. The molecule has 0 saturated heterocycles. The first-order valence-corrected chi connectivity index (χ1v) is 11.5. The van der Waals surface area contributed by atoms with E-state index in [1.807, 2.05) is 83.4 Å². The molecule has 0 N–H and O–H groups in total. The van der Waals surface area contributed by atoms with Gasteiger partial charge < -0.3 is 9.15 Å². The summed E-state index contributed by atoms with van der Waals surface area (Å²) < 4.78 is 13.4. The second kappa shape index (κ2) is 9.48. The molecule has 0 bridgehead atoms. The zero-order chi connectivity index (χ0) is 22.6. The molecule has 0 atom stereocenters. The molecule has 0 unspecified atom stereocenters. The quantitative estimate of drug-likeness (QED) is 0.253. The minimum atomic E-state index is 0.481. The Labute approximate surface area is 199 Å². The van der Waals surface area contributed by atoms with Crippen molar-refractivity contribution in [1.29, 1.82) is 0 Å². The Morgan fingerprint density at radius 3 is 2.27 bits per heavy atom. The molecule has 7 nitrogen and oxygen atoms in total. The van der Waals surface area contributed by atoms with Crippen molar-refractivity contribution in [2.75, 3.05) is 0 Å². The molecular formula is C24H18ClN5O2S. The van der Waals surface area contributed by atoms with Crippen molar-refractivity contribution in [2.24, 2.45) is 0 Å². The molecular weight excluding hydrogens is 458 g/mol. The van der Waals surface area contributed by atoms with Gasteiger partial charge in [-0.2, -0.15) is 0 Å². The van der Waals surface area contributed by atoms with Crippen LogP contribution in [0.2, 0.25) is 5.02 Å². The molecule has 164 valence electrons. The van der Waals surface area contributed by atoms with Crippen LogP contribution >= 0.6 is 23.4 Å². The Hall–Kier alpha value is -3.62. The van der Waals surface area contributed by atoms with Crippen LogP contribution in [0.5, 0.6) is 11.5 Å². The maximum Gasteiger partial charge on any atom is 0.226 e. The molecule has 5 aromatic rings. The molecule has 0 aliphatic heterocycles. The molecule has 0 amide bonds. The van der Waals surface area contributed by atoms with Crippen molar-refractivity contribution < 1.29 is 9.15 Å². The summed E-state index contributed by atoms with van der Waals surface area (Å²) in [7, 11) is 0. The van der Waals surface area contributed by atoms with Crippen LogP contribution in [-0.4, -0.2) is 25.0 Å². The fraction of sp³-hybridized carbons (Fsp3) is 0.0833. The van der Waals surface area contributed by atoms with Gasteiger partial charge in [-0.15, -0.1) is 20.4 Å². The molecule has 0 saturated carbocycles. The van der Waals surface area contributed by atoms with Gasteiger partial charge in [-0.3, -0.25) is 4.57 Å². The number of aromatic nitrogens is 5. The predicted molar refractivity (Wildman–Crippen MR) is 127 cm³/mol. The molecule has 0 fully saturated rings. The minimum Gasteiger partial charge on any atom is -0.457 e. The van der Waals surface area contributed by atoms with Crippen molar-refractivity contribution in [3.05, 3.63) is 95.7 Å². The van der Waals surface area contributed by atoms with Gasteiger partial charge in [-0.25, -0.2) is 0 Å². The van der Waals surface area contributed by atoms with E-state index >= 15 is 0 Å². The molecule has 0 aliphatic rings. The summed E-state index contributed by atoms with van der Waals surface area (Å²) in [5.74, 6) is 3.76. The summed E-state index contributed by atoms with van der Waals surface area (Å²) in [4.78, 5) is 0. The monoisotopic (exact) mass is 475 g/mol. The maximum atomic E-state index is 6.08. The van der Waals surface area contributed by atoms with Crippen molar-refractivity contribution in [3.63, 3.8) is 0 Å². The lowest BCUT2D eigenvalue weighted by atomic mass is 10.2. The number of para-hydroxylation sites is 1. The second-order valence-electron chi connectivity index (χ2n) is 7.06. The number of aryl methyl sites for hydroxylation is 1. The van der Waals surface area contributed by atoms with E-state index in [9.17, 15) is 0 Å². The van der Waals surface area contributed by atoms with E-state index in [1.165, 1.54) is 11.8 Å². The number of ether oxygens (including phenoxy) is 1. The van der Waals surface area contributed by atoms with Crippen molar-refractivity contribution >= 4 is 23.4 Å². The second-order valence-corrected chi connectivity index (χ2v) is 8.44. The van der Waals surface area contributed by atoms with E-state index < -0.39 is 0 Å². The first kappa shape index (κ1) is 21.2. The van der Waals surface area contributed by atoms with E-state index in [0.717, 1.165) is 22.7 Å². The molecule has 0 radical (unpaired) electrons. The maximum absolute atomic E-state index is 6.08. The Balaban J connectivity index is 1.47. The van der Waals surface area contributed by atoms with Crippen molar-refractivity contribution in [3.8, 4) is 28.6 Å². The third kappa shape index (κ3) is 4.92. The molecule has 5 rings (SSSR count).